The Labute approximate surface area is 194 Å². The second-order valence-electron chi connectivity index (χ2n) is 13.6. The van der Waals surface area contributed by atoms with E-state index in [0.717, 1.165) is 12.8 Å². The highest BCUT2D eigenvalue weighted by molar-refractivity contribution is 6.74. The van der Waals surface area contributed by atoms with Crippen LogP contribution in [0.4, 0.5) is 4.79 Å². The molecule has 0 aromatic carbocycles. The van der Waals surface area contributed by atoms with Gasteiger partial charge in [0, 0.05) is 31.7 Å². The number of rotatable bonds is 6. The normalized spacial score (nSPS) is 18.8. The Hall–Kier alpha value is -0.376. The van der Waals surface area contributed by atoms with Crippen LogP contribution in [0.15, 0.2) is 0 Å². The topological polar surface area (TPSA) is 48.0 Å². The predicted octanol–water partition coefficient (Wildman–Crippen LogP) is 7.05. The molecule has 0 bridgehead atoms. The lowest BCUT2D eigenvalue weighted by Crippen LogP contribution is -2.53. The average Bonchev–Trinajstić information content (AvgIpc) is 2.55. The third-order valence-corrected chi connectivity index (χ3v) is 16.5. The van der Waals surface area contributed by atoms with Crippen molar-refractivity contribution in [3.63, 3.8) is 0 Å². The number of ether oxygens (including phenoxy) is 1. The van der Waals surface area contributed by atoms with E-state index in [0.29, 0.717) is 26.3 Å². The molecule has 7 heteroatoms. The van der Waals surface area contributed by atoms with Gasteiger partial charge in [-0.1, -0.05) is 41.5 Å². The highest BCUT2D eigenvalue weighted by Crippen LogP contribution is 2.42. The standard InChI is InChI=1S/C24H51NO4Si2/c1-21(2,3)29-20(26)25-16-14-24(15-17-25,18-27-30(10,11)22(4,5)6)19-28-31(12,13)23(7,8)9/h14-19H2,1-13H3. The van der Waals surface area contributed by atoms with Gasteiger partial charge in [0.2, 0.25) is 0 Å². The summed E-state index contributed by atoms with van der Waals surface area (Å²) in [5.41, 5.74) is -0.522. The van der Waals surface area contributed by atoms with Gasteiger partial charge in [0.25, 0.3) is 0 Å². The quantitative estimate of drug-likeness (QED) is 0.388. The third kappa shape index (κ3) is 8.16. The van der Waals surface area contributed by atoms with Crippen LogP contribution in [0.1, 0.15) is 75.2 Å². The Balaban J connectivity index is 2.97. The molecule has 0 spiro atoms. The van der Waals surface area contributed by atoms with E-state index < -0.39 is 22.2 Å². The second-order valence-corrected chi connectivity index (χ2v) is 23.2. The highest BCUT2D eigenvalue weighted by Gasteiger charge is 2.45. The molecule has 0 saturated carbocycles. The molecule has 1 aliphatic heterocycles. The molecule has 1 fully saturated rings. The van der Waals surface area contributed by atoms with E-state index in [4.69, 9.17) is 13.6 Å². The van der Waals surface area contributed by atoms with Crippen molar-refractivity contribution in [1.29, 1.82) is 0 Å². The van der Waals surface area contributed by atoms with Crippen LogP contribution in [0.3, 0.4) is 0 Å². The summed E-state index contributed by atoms with van der Waals surface area (Å²) in [6, 6.07) is 0. The van der Waals surface area contributed by atoms with Crippen LogP contribution in [0.5, 0.6) is 0 Å². The predicted molar refractivity (Wildman–Crippen MR) is 136 cm³/mol. The van der Waals surface area contributed by atoms with E-state index in [1.165, 1.54) is 0 Å². The Kier molecular flexibility index (Phi) is 8.75. The molecule has 184 valence electrons. The molecule has 1 aliphatic rings. The number of nitrogens with zero attached hydrogens (tertiary/aromatic N) is 1. The maximum absolute atomic E-state index is 12.6. The zero-order valence-electron chi connectivity index (χ0n) is 22.8. The Bertz CT molecular complexity index is 573. The van der Waals surface area contributed by atoms with Gasteiger partial charge >= 0.3 is 6.09 Å². The van der Waals surface area contributed by atoms with Crippen LogP contribution in [0.2, 0.25) is 36.3 Å². The summed E-state index contributed by atoms with van der Waals surface area (Å²) in [6.45, 7) is 31.5. The van der Waals surface area contributed by atoms with E-state index in [1.54, 1.807) is 0 Å². The van der Waals surface area contributed by atoms with E-state index in [1.807, 2.05) is 25.7 Å². The Morgan fingerprint density at radius 1 is 0.774 bits per heavy atom. The summed E-state index contributed by atoms with van der Waals surface area (Å²) in [4.78, 5) is 14.4. The molecule has 0 unspecified atom stereocenters. The molecule has 0 radical (unpaired) electrons. The number of hydrogen-bond donors (Lipinski definition) is 0. The first kappa shape index (κ1) is 28.7. The van der Waals surface area contributed by atoms with Gasteiger partial charge in [-0.15, -0.1) is 0 Å². The van der Waals surface area contributed by atoms with Crippen LogP contribution in [-0.4, -0.2) is 59.5 Å². The first-order valence-corrected chi connectivity index (χ1v) is 17.7. The molecule has 0 aliphatic carbocycles. The molecule has 5 nitrogen and oxygen atoms in total. The zero-order chi connectivity index (χ0) is 24.5. The second kappa shape index (κ2) is 9.47. The molecule has 1 rings (SSSR count). The van der Waals surface area contributed by atoms with E-state index in [9.17, 15) is 4.79 Å². The third-order valence-electron chi connectivity index (χ3n) is 7.57. The largest absolute Gasteiger partial charge is 0.444 e. The summed E-state index contributed by atoms with van der Waals surface area (Å²) in [5.74, 6) is 0. The summed E-state index contributed by atoms with van der Waals surface area (Å²) < 4.78 is 19.0. The van der Waals surface area contributed by atoms with E-state index in [2.05, 4.69) is 67.7 Å². The van der Waals surface area contributed by atoms with Crippen LogP contribution in [-0.2, 0) is 13.6 Å². The number of hydrogen-bond acceptors (Lipinski definition) is 4. The molecule has 1 heterocycles. The molecule has 0 aromatic rings. The molecular formula is C24H51NO4Si2. The van der Waals surface area contributed by atoms with Gasteiger partial charge in [-0.2, -0.15) is 0 Å². The monoisotopic (exact) mass is 473 g/mol. The number of amides is 1. The summed E-state index contributed by atoms with van der Waals surface area (Å²) in [7, 11) is -3.73. The molecule has 1 amide bonds. The van der Waals surface area contributed by atoms with Crippen molar-refractivity contribution in [2.75, 3.05) is 26.3 Å². The number of carbonyl (C=O) groups is 1. The summed E-state index contributed by atoms with van der Waals surface area (Å²) in [6.07, 6.45) is 1.56. The van der Waals surface area contributed by atoms with Crippen molar-refractivity contribution in [2.24, 2.45) is 5.41 Å². The minimum Gasteiger partial charge on any atom is -0.444 e. The fourth-order valence-electron chi connectivity index (χ4n) is 2.92. The first-order valence-electron chi connectivity index (χ1n) is 11.9. The summed E-state index contributed by atoms with van der Waals surface area (Å²) >= 11 is 0. The van der Waals surface area contributed by atoms with Crippen LogP contribution in [0.25, 0.3) is 0 Å². The molecule has 1 saturated heterocycles. The zero-order valence-corrected chi connectivity index (χ0v) is 24.8. The number of piperidine rings is 1. The fourth-order valence-corrected chi connectivity index (χ4v) is 5.12. The SMILES string of the molecule is CC(C)(C)OC(=O)N1CCC(CO[Si](C)(C)C(C)(C)C)(CO[Si](C)(C)C(C)(C)C)CC1. The van der Waals surface area contributed by atoms with Crippen molar-refractivity contribution in [3.05, 3.63) is 0 Å². The van der Waals surface area contributed by atoms with Crippen LogP contribution in [0, 0.1) is 5.41 Å². The lowest BCUT2D eigenvalue weighted by molar-refractivity contribution is -0.0144. The van der Waals surface area contributed by atoms with Gasteiger partial charge in [0.05, 0.1) is 0 Å². The number of carbonyl (C=O) groups excluding carboxylic acids is 1. The average molecular weight is 474 g/mol. The van der Waals surface area contributed by atoms with E-state index >= 15 is 0 Å². The van der Waals surface area contributed by atoms with Gasteiger partial charge in [0.1, 0.15) is 5.60 Å². The Morgan fingerprint density at radius 2 is 1.13 bits per heavy atom. The van der Waals surface area contributed by atoms with Gasteiger partial charge in [-0.25, -0.2) is 4.79 Å². The Morgan fingerprint density at radius 3 is 1.42 bits per heavy atom. The van der Waals surface area contributed by atoms with Crippen molar-refractivity contribution >= 4 is 22.7 Å². The van der Waals surface area contributed by atoms with Gasteiger partial charge < -0.3 is 18.5 Å². The van der Waals surface area contributed by atoms with E-state index in [-0.39, 0.29) is 21.6 Å². The van der Waals surface area contributed by atoms with Crippen molar-refractivity contribution < 1.29 is 18.4 Å². The molecule has 0 aromatic heterocycles. The van der Waals surface area contributed by atoms with Crippen LogP contribution < -0.4 is 0 Å². The first-order chi connectivity index (χ1) is 13.6. The fraction of sp³-hybridized carbons (Fsp3) is 0.958. The van der Waals surface area contributed by atoms with Gasteiger partial charge in [0.15, 0.2) is 16.6 Å². The molecule has 31 heavy (non-hydrogen) atoms. The van der Waals surface area contributed by atoms with Crippen molar-refractivity contribution in [3.8, 4) is 0 Å². The lowest BCUT2D eigenvalue weighted by Gasteiger charge is -2.47. The van der Waals surface area contributed by atoms with Gasteiger partial charge in [-0.05, 0) is 69.9 Å². The molecule has 0 N–H and O–H groups in total. The number of likely N-dealkylation sites (tertiary alicyclic amines) is 1. The lowest BCUT2D eigenvalue weighted by atomic mass is 9.80. The molecular weight excluding hydrogens is 422 g/mol. The summed E-state index contributed by atoms with van der Waals surface area (Å²) in [5, 5.41) is 0.345. The van der Waals surface area contributed by atoms with Gasteiger partial charge in [-0.3, -0.25) is 0 Å². The van der Waals surface area contributed by atoms with Crippen molar-refractivity contribution in [1.82, 2.24) is 4.90 Å². The maximum atomic E-state index is 12.6. The highest BCUT2D eigenvalue weighted by atomic mass is 28.4. The molecule has 0 atom stereocenters. The van der Waals surface area contributed by atoms with Crippen molar-refractivity contribution in [2.45, 2.75) is 117 Å². The minimum atomic E-state index is -1.87. The smallest absolute Gasteiger partial charge is 0.410 e. The minimum absolute atomic E-state index is 0.0520. The van der Waals surface area contributed by atoms with Crippen LogP contribution >= 0.6 is 0 Å². The maximum Gasteiger partial charge on any atom is 0.410 e.